The van der Waals surface area contributed by atoms with Crippen molar-refractivity contribution in [1.29, 1.82) is 0 Å². The van der Waals surface area contributed by atoms with Crippen LogP contribution >= 0.6 is 0 Å². The van der Waals surface area contributed by atoms with Gasteiger partial charge in [-0.2, -0.15) is 0 Å². The molecule has 0 fully saturated rings. The number of hydrogen-bond acceptors (Lipinski definition) is 1. The van der Waals surface area contributed by atoms with E-state index in [9.17, 15) is 0 Å². The summed E-state index contributed by atoms with van der Waals surface area (Å²) in [6.45, 7) is 13.7. The fraction of sp³-hybridized carbons (Fsp3) is 0.151. The van der Waals surface area contributed by atoms with Crippen LogP contribution in [0.4, 0.5) is 0 Å². The van der Waals surface area contributed by atoms with Crippen LogP contribution in [0.1, 0.15) is 52.7 Å². The van der Waals surface area contributed by atoms with Crippen molar-refractivity contribution < 1.29 is 0 Å². The molecule has 7 aromatic carbocycles. The zero-order chi connectivity index (χ0) is 37.6. The molecule has 2 nitrogen and oxygen atoms in total. The van der Waals surface area contributed by atoms with E-state index in [0.29, 0.717) is 0 Å². The number of aromatic nitrogens is 2. The topological polar surface area (TPSA) is 17.3 Å². The molecule has 0 saturated heterocycles. The van der Waals surface area contributed by atoms with E-state index in [1.165, 1.54) is 88.3 Å². The van der Waals surface area contributed by atoms with Crippen LogP contribution in [0.25, 0.3) is 94.1 Å². The maximum atomic E-state index is 4.88. The van der Waals surface area contributed by atoms with Crippen molar-refractivity contribution in [3.63, 3.8) is 0 Å². The van der Waals surface area contributed by atoms with Gasteiger partial charge in [-0.25, -0.2) is 4.98 Å². The Bertz CT molecular complexity index is 2800. The zero-order valence-electron chi connectivity index (χ0n) is 32.4. The Morgan fingerprint density at radius 2 is 0.891 bits per heavy atom. The average Bonchev–Trinajstić information content (AvgIpc) is 3.77. The van der Waals surface area contributed by atoms with Crippen LogP contribution < -0.4 is 0 Å². The van der Waals surface area contributed by atoms with Gasteiger partial charge in [0.25, 0.3) is 0 Å². The summed E-state index contributed by atoms with van der Waals surface area (Å²) in [7, 11) is 0. The Morgan fingerprint density at radius 1 is 0.400 bits per heavy atom. The molecule has 266 valence electrons. The molecule has 1 aliphatic rings. The van der Waals surface area contributed by atoms with Gasteiger partial charge in [0.15, 0.2) is 0 Å². The van der Waals surface area contributed by atoms with Gasteiger partial charge in [-0.3, -0.25) is 0 Å². The Balaban J connectivity index is 1.21. The second-order valence-corrected chi connectivity index (χ2v) is 17.3. The molecule has 2 heterocycles. The van der Waals surface area contributed by atoms with Crippen LogP contribution in [-0.4, -0.2) is 9.38 Å². The highest BCUT2D eigenvalue weighted by Gasteiger charge is 2.31. The normalized spacial score (nSPS) is 12.5. The number of fused-ring (bicyclic) bond motifs is 5. The molecule has 0 spiro atoms. The van der Waals surface area contributed by atoms with E-state index in [0.717, 1.165) is 16.9 Å². The monoisotopic (exact) mass is 708 g/mol. The highest BCUT2D eigenvalue weighted by atomic mass is 15.0. The Morgan fingerprint density at radius 3 is 1.45 bits per heavy atom. The quantitative estimate of drug-likeness (QED) is 0.178. The highest BCUT2D eigenvalue weighted by Crippen LogP contribution is 2.58. The van der Waals surface area contributed by atoms with Gasteiger partial charge in [-0.1, -0.05) is 175 Å². The van der Waals surface area contributed by atoms with E-state index in [1.807, 2.05) is 24.4 Å². The first kappa shape index (κ1) is 33.3. The lowest BCUT2D eigenvalue weighted by Gasteiger charge is -2.23. The van der Waals surface area contributed by atoms with Crippen molar-refractivity contribution in [2.24, 2.45) is 0 Å². The van der Waals surface area contributed by atoms with Gasteiger partial charge in [0, 0.05) is 18.0 Å². The molecule has 0 atom stereocenters. The van der Waals surface area contributed by atoms with Crippen LogP contribution in [0.3, 0.4) is 0 Å². The lowest BCUT2D eigenvalue weighted by molar-refractivity contribution is 0.590. The molecule has 0 bridgehead atoms. The third-order valence-electron chi connectivity index (χ3n) is 11.7. The fourth-order valence-electron chi connectivity index (χ4n) is 8.82. The van der Waals surface area contributed by atoms with Gasteiger partial charge in [-0.15, -0.1) is 0 Å². The molecule has 0 aliphatic heterocycles. The zero-order valence-corrected chi connectivity index (χ0v) is 32.4. The first-order chi connectivity index (χ1) is 26.5. The fourth-order valence-corrected chi connectivity index (χ4v) is 8.82. The molecule has 0 amide bonds. The summed E-state index contributed by atoms with van der Waals surface area (Å²) in [6.07, 6.45) is 4.15. The largest absolute Gasteiger partial charge is 0.306 e. The number of pyridine rings is 1. The van der Waals surface area contributed by atoms with Crippen LogP contribution in [0.5, 0.6) is 0 Å². The van der Waals surface area contributed by atoms with Gasteiger partial charge in [0.1, 0.15) is 5.65 Å². The van der Waals surface area contributed by atoms with E-state index in [2.05, 4.69) is 180 Å². The lowest BCUT2D eigenvalue weighted by atomic mass is 9.80. The minimum Gasteiger partial charge on any atom is -0.306 e. The van der Waals surface area contributed by atoms with Gasteiger partial charge in [0.05, 0.1) is 5.69 Å². The molecule has 10 rings (SSSR count). The molecule has 2 aromatic heterocycles. The molecule has 0 radical (unpaired) electrons. The number of nitrogens with zero attached hydrogens (tertiary/aromatic N) is 2. The summed E-state index contributed by atoms with van der Waals surface area (Å²) in [5, 5.41) is 5.17. The molecule has 0 saturated carbocycles. The van der Waals surface area contributed by atoms with E-state index in [4.69, 9.17) is 4.98 Å². The number of rotatable bonds is 4. The van der Waals surface area contributed by atoms with Crippen LogP contribution in [-0.2, 0) is 10.8 Å². The maximum absolute atomic E-state index is 4.88. The first-order valence-corrected chi connectivity index (χ1v) is 19.5. The third-order valence-corrected chi connectivity index (χ3v) is 11.7. The smallest absolute Gasteiger partial charge is 0.137 e. The molecule has 2 heteroatoms. The first-order valence-electron chi connectivity index (χ1n) is 19.5. The predicted molar refractivity (Wildman–Crippen MR) is 234 cm³/mol. The number of imidazole rings is 1. The van der Waals surface area contributed by atoms with Crippen molar-refractivity contribution in [2.75, 3.05) is 0 Å². The van der Waals surface area contributed by atoms with E-state index in [-0.39, 0.29) is 10.8 Å². The molecular weight excluding hydrogens is 665 g/mol. The van der Waals surface area contributed by atoms with Crippen molar-refractivity contribution in [1.82, 2.24) is 9.38 Å². The second-order valence-electron chi connectivity index (χ2n) is 17.3. The summed E-state index contributed by atoms with van der Waals surface area (Å²) < 4.78 is 2.08. The molecule has 1 aliphatic carbocycles. The summed E-state index contributed by atoms with van der Waals surface area (Å²) in [5.74, 6) is 0. The summed E-state index contributed by atoms with van der Waals surface area (Å²) in [6, 6.07) is 54.4. The summed E-state index contributed by atoms with van der Waals surface area (Å²) in [5.41, 5.74) is 18.7. The lowest BCUT2D eigenvalue weighted by Crippen LogP contribution is -2.10. The van der Waals surface area contributed by atoms with Gasteiger partial charge < -0.3 is 4.40 Å². The SMILES string of the molecule is CC(C)(C)c1ccc(-c2c3c(c(-c4ccc(C(C)(C)C)cc4)c4ccccc24)-c2ccc(-c4ccc(-c5cn6ccccc6n5)cc4)c4cccc-3c24)cc1. The standard InChI is InChI=1S/C53H44N2/c1-52(2,3)37-25-21-35(22-26-37)47-41-12-7-8-13-42(41)48(36-23-27-38(28-24-36)53(4,5)6)51-44-30-29-39(40-14-11-15-43(49(40)44)50(47)51)33-17-19-34(20-18-33)45-32-55-31-10-9-16-46(55)54-45/h7-32H,1-6H3. The van der Waals surface area contributed by atoms with Crippen molar-refractivity contribution in [2.45, 2.75) is 52.4 Å². The van der Waals surface area contributed by atoms with Crippen molar-refractivity contribution in [3.8, 4) is 66.9 Å². The number of hydrogen-bond donors (Lipinski definition) is 0. The van der Waals surface area contributed by atoms with E-state index in [1.54, 1.807) is 0 Å². The Kier molecular flexibility index (Phi) is 7.35. The Hall–Kier alpha value is -6.25. The predicted octanol–water partition coefficient (Wildman–Crippen LogP) is 14.6. The average molecular weight is 709 g/mol. The minimum absolute atomic E-state index is 0.0782. The van der Waals surface area contributed by atoms with Gasteiger partial charge in [-0.05, 0) is 111 Å². The van der Waals surface area contributed by atoms with Crippen molar-refractivity contribution >= 4 is 27.2 Å². The third kappa shape index (κ3) is 5.34. The number of benzene rings is 7. The molecule has 9 aromatic rings. The van der Waals surface area contributed by atoms with Crippen LogP contribution in [0, 0.1) is 0 Å². The minimum atomic E-state index is 0.0782. The molecule has 55 heavy (non-hydrogen) atoms. The summed E-state index contributed by atoms with van der Waals surface area (Å²) in [4.78, 5) is 4.88. The Labute approximate surface area is 323 Å². The second kappa shape index (κ2) is 12.1. The maximum Gasteiger partial charge on any atom is 0.137 e. The summed E-state index contributed by atoms with van der Waals surface area (Å²) >= 11 is 0. The van der Waals surface area contributed by atoms with E-state index >= 15 is 0 Å². The van der Waals surface area contributed by atoms with Crippen LogP contribution in [0.15, 0.2) is 158 Å². The van der Waals surface area contributed by atoms with E-state index < -0.39 is 0 Å². The molecule has 0 unspecified atom stereocenters. The van der Waals surface area contributed by atoms with Crippen LogP contribution in [0.2, 0.25) is 0 Å². The van der Waals surface area contributed by atoms with Gasteiger partial charge in [0.2, 0.25) is 0 Å². The van der Waals surface area contributed by atoms with Crippen molar-refractivity contribution in [3.05, 3.63) is 169 Å². The molecular formula is C53H44N2. The highest BCUT2D eigenvalue weighted by molar-refractivity contribution is 6.28. The van der Waals surface area contributed by atoms with Gasteiger partial charge >= 0.3 is 0 Å². The molecule has 0 N–H and O–H groups in total.